The van der Waals surface area contributed by atoms with E-state index in [2.05, 4.69) is 26.0 Å². The molecule has 2 aromatic heterocycles. The number of nitrogens with one attached hydrogen (secondary N) is 2. The first-order valence-corrected chi connectivity index (χ1v) is 6.03. The Balaban J connectivity index is 1.88. The molecule has 0 radical (unpaired) electrons. The molecule has 0 aliphatic rings. The largest absolute Gasteiger partial charge is 0.459 e. The van der Waals surface area contributed by atoms with Gasteiger partial charge < -0.3 is 4.42 Å². The van der Waals surface area contributed by atoms with E-state index >= 15 is 0 Å². The predicted molar refractivity (Wildman–Crippen MR) is 70.5 cm³/mol. The second-order valence-electron chi connectivity index (χ2n) is 3.59. The highest BCUT2D eigenvalue weighted by molar-refractivity contribution is 7.80. The van der Waals surface area contributed by atoms with Crippen LogP contribution in [-0.2, 0) is 6.54 Å². The third-order valence-corrected chi connectivity index (χ3v) is 2.28. The second-order valence-corrected chi connectivity index (χ2v) is 4.00. The van der Waals surface area contributed by atoms with Crippen LogP contribution in [0.1, 0.15) is 23.9 Å². The van der Waals surface area contributed by atoms with Gasteiger partial charge in [-0.2, -0.15) is 4.80 Å². The maximum absolute atomic E-state index is 11.6. The van der Waals surface area contributed by atoms with E-state index in [-0.39, 0.29) is 16.8 Å². The van der Waals surface area contributed by atoms with Gasteiger partial charge in [0.2, 0.25) is 0 Å². The van der Waals surface area contributed by atoms with E-state index in [1.54, 1.807) is 6.07 Å². The maximum atomic E-state index is 11.6. The zero-order chi connectivity index (χ0) is 13.7. The predicted octanol–water partition coefficient (Wildman–Crippen LogP) is 0.803. The van der Waals surface area contributed by atoms with Crippen LogP contribution in [0.4, 0.5) is 5.95 Å². The zero-order valence-electron chi connectivity index (χ0n) is 10.2. The van der Waals surface area contributed by atoms with Gasteiger partial charge in [-0.15, -0.1) is 5.10 Å². The van der Waals surface area contributed by atoms with Crippen molar-refractivity contribution in [3.63, 3.8) is 0 Å². The minimum atomic E-state index is -0.441. The fourth-order valence-electron chi connectivity index (χ4n) is 1.29. The van der Waals surface area contributed by atoms with Crippen LogP contribution in [0.15, 0.2) is 22.8 Å². The molecule has 0 saturated heterocycles. The van der Waals surface area contributed by atoms with Gasteiger partial charge in [0.15, 0.2) is 10.9 Å². The van der Waals surface area contributed by atoms with Crippen LogP contribution >= 0.6 is 12.2 Å². The van der Waals surface area contributed by atoms with Crippen molar-refractivity contribution < 1.29 is 9.21 Å². The van der Waals surface area contributed by atoms with Crippen molar-refractivity contribution in [2.75, 3.05) is 5.32 Å². The number of amides is 1. The Bertz CT molecular complexity index is 564. The summed E-state index contributed by atoms with van der Waals surface area (Å²) in [6, 6.07) is 3.15. The van der Waals surface area contributed by atoms with Crippen molar-refractivity contribution in [2.24, 2.45) is 0 Å². The highest BCUT2D eigenvalue weighted by atomic mass is 32.1. The molecule has 0 aliphatic heterocycles. The van der Waals surface area contributed by atoms with Gasteiger partial charge in [0.05, 0.1) is 12.8 Å². The highest BCUT2D eigenvalue weighted by Gasteiger charge is 2.11. The molecule has 2 rings (SSSR count). The number of nitrogens with zero attached hydrogens (tertiary/aromatic N) is 4. The molecule has 0 fully saturated rings. The molecule has 1 amide bonds. The van der Waals surface area contributed by atoms with E-state index in [0.717, 1.165) is 6.42 Å². The van der Waals surface area contributed by atoms with Crippen LogP contribution in [0.25, 0.3) is 0 Å². The number of anilines is 1. The van der Waals surface area contributed by atoms with E-state index < -0.39 is 5.91 Å². The smallest absolute Gasteiger partial charge is 0.293 e. The minimum Gasteiger partial charge on any atom is -0.459 e. The summed E-state index contributed by atoms with van der Waals surface area (Å²) in [6.07, 6.45) is 2.30. The summed E-state index contributed by atoms with van der Waals surface area (Å²) in [4.78, 5) is 13.1. The number of hydrogen-bond donors (Lipinski definition) is 2. The number of hydrogen-bond acceptors (Lipinski definition) is 6. The van der Waals surface area contributed by atoms with Crippen molar-refractivity contribution in [1.29, 1.82) is 0 Å². The lowest BCUT2D eigenvalue weighted by Gasteiger charge is -2.04. The Morgan fingerprint density at radius 1 is 1.58 bits per heavy atom. The first-order valence-electron chi connectivity index (χ1n) is 5.62. The molecule has 0 atom stereocenters. The minimum absolute atomic E-state index is 0.0810. The molecule has 9 heteroatoms. The maximum Gasteiger partial charge on any atom is 0.293 e. The van der Waals surface area contributed by atoms with E-state index in [1.165, 1.54) is 17.1 Å². The van der Waals surface area contributed by atoms with Crippen LogP contribution in [0.3, 0.4) is 0 Å². The van der Waals surface area contributed by atoms with Gasteiger partial charge in [-0.05, 0) is 36.0 Å². The molecule has 0 spiro atoms. The van der Waals surface area contributed by atoms with Crippen LogP contribution < -0.4 is 10.6 Å². The summed E-state index contributed by atoms with van der Waals surface area (Å²) in [6.45, 7) is 2.67. The average molecular weight is 280 g/mol. The first-order chi connectivity index (χ1) is 9.19. The van der Waals surface area contributed by atoms with Gasteiger partial charge in [0, 0.05) is 0 Å². The molecule has 2 N–H and O–H groups in total. The van der Waals surface area contributed by atoms with Gasteiger partial charge in [0.25, 0.3) is 11.9 Å². The fourth-order valence-corrected chi connectivity index (χ4v) is 1.48. The number of rotatable bonds is 4. The van der Waals surface area contributed by atoms with E-state index in [0.29, 0.717) is 6.54 Å². The summed E-state index contributed by atoms with van der Waals surface area (Å²) < 4.78 is 4.94. The van der Waals surface area contributed by atoms with Crippen LogP contribution in [0, 0.1) is 0 Å². The van der Waals surface area contributed by atoms with E-state index in [4.69, 9.17) is 16.6 Å². The standard InChI is InChI=1S/C10H12N6O2S/c1-2-5-16-14-9(13-15-16)12-10(19)11-8(17)7-4-3-6-18-7/h3-4,6H,2,5H2,1H3,(H2,11,12,14,17,19). The molecule has 0 aromatic carbocycles. The van der Waals surface area contributed by atoms with E-state index in [9.17, 15) is 4.79 Å². The molecule has 2 heterocycles. The van der Waals surface area contributed by atoms with E-state index in [1.807, 2.05) is 6.92 Å². The summed E-state index contributed by atoms with van der Waals surface area (Å²) in [7, 11) is 0. The van der Waals surface area contributed by atoms with Gasteiger partial charge >= 0.3 is 0 Å². The molecule has 0 saturated carbocycles. The van der Waals surface area contributed by atoms with Crippen molar-refractivity contribution >= 4 is 29.2 Å². The number of furan rings is 1. The SMILES string of the molecule is CCCn1nnc(NC(=S)NC(=O)c2ccco2)n1. The van der Waals surface area contributed by atoms with Gasteiger partial charge in [-0.1, -0.05) is 12.0 Å². The Kier molecular flexibility index (Phi) is 4.18. The summed E-state index contributed by atoms with van der Waals surface area (Å²) >= 11 is 4.96. The molecular formula is C10H12N6O2S. The highest BCUT2D eigenvalue weighted by Crippen LogP contribution is 2.00. The Hall–Kier alpha value is -2.29. The lowest BCUT2D eigenvalue weighted by molar-refractivity contribution is 0.0950. The Morgan fingerprint density at radius 3 is 3.11 bits per heavy atom. The van der Waals surface area contributed by atoms with Crippen molar-refractivity contribution in [3.8, 4) is 0 Å². The zero-order valence-corrected chi connectivity index (χ0v) is 11.0. The molecule has 8 nitrogen and oxygen atoms in total. The second kappa shape index (κ2) is 6.05. The number of carbonyl (C=O) groups excluding carboxylic acids is 1. The van der Waals surface area contributed by atoms with Crippen molar-refractivity contribution in [1.82, 2.24) is 25.5 Å². The molecule has 2 aromatic rings. The molecule has 100 valence electrons. The number of tetrazole rings is 1. The number of thiocarbonyl (C=S) groups is 1. The molecule has 0 bridgehead atoms. The Labute approximate surface area is 114 Å². The summed E-state index contributed by atoms with van der Waals surface area (Å²) in [5.74, 6) is -0.0339. The molecule has 0 unspecified atom stereocenters. The van der Waals surface area contributed by atoms with Crippen LogP contribution in [0.2, 0.25) is 0 Å². The first kappa shape index (κ1) is 13.1. The number of carbonyl (C=O) groups is 1. The number of aromatic nitrogens is 4. The molecular weight excluding hydrogens is 268 g/mol. The van der Waals surface area contributed by atoms with Gasteiger partial charge in [-0.25, -0.2) is 0 Å². The van der Waals surface area contributed by atoms with Crippen LogP contribution in [-0.4, -0.2) is 31.2 Å². The lowest BCUT2D eigenvalue weighted by atomic mass is 10.4. The quantitative estimate of drug-likeness (QED) is 0.799. The van der Waals surface area contributed by atoms with Crippen LogP contribution in [0.5, 0.6) is 0 Å². The summed E-state index contributed by atoms with van der Waals surface area (Å²) in [5, 5.41) is 16.8. The molecule has 19 heavy (non-hydrogen) atoms. The third-order valence-electron chi connectivity index (χ3n) is 2.07. The lowest BCUT2D eigenvalue weighted by Crippen LogP contribution is -2.34. The molecule has 0 aliphatic carbocycles. The average Bonchev–Trinajstić information content (AvgIpc) is 3.00. The topological polar surface area (TPSA) is 97.9 Å². The van der Waals surface area contributed by atoms with Gasteiger partial charge in [0.1, 0.15) is 0 Å². The Morgan fingerprint density at radius 2 is 2.42 bits per heavy atom. The monoisotopic (exact) mass is 280 g/mol. The summed E-state index contributed by atoms with van der Waals surface area (Å²) in [5.41, 5.74) is 0. The van der Waals surface area contributed by atoms with Gasteiger partial charge in [-0.3, -0.25) is 15.4 Å². The normalized spacial score (nSPS) is 10.2. The fraction of sp³-hybridized carbons (Fsp3) is 0.300. The third kappa shape index (κ3) is 3.58. The van der Waals surface area contributed by atoms with Crippen molar-refractivity contribution in [2.45, 2.75) is 19.9 Å². The van der Waals surface area contributed by atoms with Crippen molar-refractivity contribution in [3.05, 3.63) is 24.2 Å². The number of aryl methyl sites for hydroxylation is 1.